The summed E-state index contributed by atoms with van der Waals surface area (Å²) in [5.41, 5.74) is 3.78. The van der Waals surface area contributed by atoms with Crippen molar-refractivity contribution in [2.24, 2.45) is 5.92 Å². The molecule has 1 amide bonds. The van der Waals surface area contributed by atoms with Crippen molar-refractivity contribution < 1.29 is 14.3 Å². The van der Waals surface area contributed by atoms with Crippen molar-refractivity contribution in [2.75, 3.05) is 17.7 Å². The maximum absolute atomic E-state index is 11.8. The van der Waals surface area contributed by atoms with Crippen LogP contribution in [-0.4, -0.2) is 13.0 Å². The van der Waals surface area contributed by atoms with E-state index >= 15 is 0 Å². The molecule has 2 N–H and O–H groups in total. The molecule has 3 aromatic carbocycles. The fourth-order valence-corrected chi connectivity index (χ4v) is 3.44. The first-order valence-corrected chi connectivity index (χ1v) is 10.9. The maximum atomic E-state index is 11.8. The second kappa shape index (κ2) is 10.9. The van der Waals surface area contributed by atoms with Crippen LogP contribution < -0.4 is 20.1 Å². The van der Waals surface area contributed by atoms with Crippen LogP contribution in [0.25, 0.3) is 0 Å². The Morgan fingerprint density at radius 3 is 2.32 bits per heavy atom. The lowest BCUT2D eigenvalue weighted by molar-refractivity contribution is -0.118. The number of nitrogens with one attached hydrogen (secondary N) is 2. The third-order valence-electron chi connectivity index (χ3n) is 4.70. The number of halogens is 1. The molecule has 31 heavy (non-hydrogen) atoms. The van der Waals surface area contributed by atoms with Gasteiger partial charge in [0.05, 0.1) is 7.11 Å². The molecular formula is C25H27BrN2O3. The molecule has 0 fully saturated rings. The van der Waals surface area contributed by atoms with Crippen LogP contribution >= 0.6 is 15.9 Å². The highest BCUT2D eigenvalue weighted by Crippen LogP contribution is 2.36. The van der Waals surface area contributed by atoms with Gasteiger partial charge >= 0.3 is 0 Å². The number of rotatable bonds is 9. The van der Waals surface area contributed by atoms with Crippen molar-refractivity contribution in [3.05, 3.63) is 82.3 Å². The predicted molar refractivity (Wildman–Crippen MR) is 129 cm³/mol. The van der Waals surface area contributed by atoms with E-state index in [9.17, 15) is 4.79 Å². The van der Waals surface area contributed by atoms with Crippen molar-refractivity contribution in [1.29, 1.82) is 0 Å². The number of methoxy groups -OCH3 is 1. The largest absolute Gasteiger partial charge is 0.493 e. The molecule has 162 valence electrons. The first kappa shape index (κ1) is 22.7. The molecule has 3 rings (SSSR count). The highest BCUT2D eigenvalue weighted by atomic mass is 79.9. The van der Waals surface area contributed by atoms with Gasteiger partial charge in [-0.05, 0) is 42.0 Å². The lowest BCUT2D eigenvalue weighted by Crippen LogP contribution is -2.17. The van der Waals surface area contributed by atoms with Crippen LogP contribution in [0.5, 0.6) is 11.5 Å². The van der Waals surface area contributed by atoms with Crippen LogP contribution in [0.3, 0.4) is 0 Å². The lowest BCUT2D eigenvalue weighted by Gasteiger charge is -2.17. The van der Waals surface area contributed by atoms with Gasteiger partial charge in [-0.1, -0.05) is 60.1 Å². The fraction of sp³-hybridized carbons (Fsp3) is 0.240. The summed E-state index contributed by atoms with van der Waals surface area (Å²) in [4.78, 5) is 11.8. The minimum Gasteiger partial charge on any atom is -0.493 e. The Labute approximate surface area is 191 Å². The Hall–Kier alpha value is -2.99. The standard InChI is InChI=1S/C25H27BrN2O3/c1-17(2)25(29)28-22-11-9-21(10-12-22)27-15-19-13-20(26)14-23(30-3)24(19)31-16-18-7-5-4-6-8-18/h4-14,17,27H,15-16H2,1-3H3,(H,28,29). The Balaban J connectivity index is 1.71. The molecule has 0 radical (unpaired) electrons. The summed E-state index contributed by atoms with van der Waals surface area (Å²) in [5, 5.41) is 6.31. The van der Waals surface area contributed by atoms with E-state index in [-0.39, 0.29) is 11.8 Å². The topological polar surface area (TPSA) is 59.6 Å². The average molecular weight is 483 g/mol. The lowest BCUT2D eigenvalue weighted by atomic mass is 10.1. The molecule has 5 nitrogen and oxygen atoms in total. The third kappa shape index (κ3) is 6.49. The predicted octanol–water partition coefficient (Wildman–Crippen LogP) is 6.24. The van der Waals surface area contributed by atoms with E-state index in [1.807, 2.05) is 80.6 Å². The highest BCUT2D eigenvalue weighted by molar-refractivity contribution is 9.10. The molecule has 0 heterocycles. The number of benzene rings is 3. The number of hydrogen-bond acceptors (Lipinski definition) is 4. The molecule has 0 spiro atoms. The summed E-state index contributed by atoms with van der Waals surface area (Å²) in [5.74, 6) is 1.33. The molecule has 0 unspecified atom stereocenters. The van der Waals surface area contributed by atoms with E-state index in [1.54, 1.807) is 7.11 Å². The number of carbonyl (C=O) groups is 1. The monoisotopic (exact) mass is 482 g/mol. The van der Waals surface area contributed by atoms with Crippen LogP contribution in [0.4, 0.5) is 11.4 Å². The van der Waals surface area contributed by atoms with Gasteiger partial charge in [0.25, 0.3) is 0 Å². The summed E-state index contributed by atoms with van der Waals surface area (Å²) in [6, 6.07) is 21.6. The zero-order valence-corrected chi connectivity index (χ0v) is 19.5. The normalized spacial score (nSPS) is 10.6. The smallest absolute Gasteiger partial charge is 0.226 e. The molecule has 3 aromatic rings. The van der Waals surface area contributed by atoms with Crippen LogP contribution in [0, 0.1) is 5.92 Å². The second-order valence-corrected chi connectivity index (χ2v) is 8.36. The number of carbonyl (C=O) groups excluding carboxylic acids is 1. The maximum Gasteiger partial charge on any atom is 0.226 e. The van der Waals surface area contributed by atoms with Crippen LogP contribution in [0.15, 0.2) is 71.2 Å². The highest BCUT2D eigenvalue weighted by Gasteiger charge is 2.13. The van der Waals surface area contributed by atoms with Crippen molar-refractivity contribution >= 4 is 33.2 Å². The van der Waals surface area contributed by atoms with E-state index in [0.29, 0.717) is 24.7 Å². The number of anilines is 2. The van der Waals surface area contributed by atoms with Gasteiger partial charge in [0, 0.05) is 33.9 Å². The Bertz CT molecular complexity index is 1010. The number of ether oxygens (including phenoxy) is 2. The zero-order chi connectivity index (χ0) is 22.2. The summed E-state index contributed by atoms with van der Waals surface area (Å²) in [6.45, 7) is 4.75. The molecule has 0 saturated carbocycles. The van der Waals surface area contributed by atoms with E-state index in [1.165, 1.54) is 0 Å². The third-order valence-corrected chi connectivity index (χ3v) is 5.16. The van der Waals surface area contributed by atoms with Crippen molar-refractivity contribution in [3.8, 4) is 11.5 Å². The molecular weight excluding hydrogens is 456 g/mol. The van der Waals surface area contributed by atoms with Crippen molar-refractivity contribution in [3.63, 3.8) is 0 Å². The molecule has 0 saturated heterocycles. The van der Waals surface area contributed by atoms with Gasteiger partial charge in [0.15, 0.2) is 11.5 Å². The average Bonchev–Trinajstić information content (AvgIpc) is 2.78. The quantitative estimate of drug-likeness (QED) is 0.378. The summed E-state index contributed by atoms with van der Waals surface area (Å²) in [7, 11) is 1.64. The summed E-state index contributed by atoms with van der Waals surface area (Å²) in [6.07, 6.45) is 0. The van der Waals surface area contributed by atoms with E-state index in [4.69, 9.17) is 9.47 Å². The van der Waals surface area contributed by atoms with Gasteiger partial charge < -0.3 is 20.1 Å². The first-order chi connectivity index (χ1) is 15.0. The summed E-state index contributed by atoms with van der Waals surface area (Å²) >= 11 is 3.55. The van der Waals surface area contributed by atoms with Crippen LogP contribution in [0.1, 0.15) is 25.0 Å². The molecule has 0 bridgehead atoms. The molecule has 0 aromatic heterocycles. The van der Waals surface area contributed by atoms with Gasteiger partial charge in [-0.3, -0.25) is 4.79 Å². The van der Waals surface area contributed by atoms with Gasteiger partial charge in [-0.25, -0.2) is 0 Å². The first-order valence-electron chi connectivity index (χ1n) is 10.1. The Morgan fingerprint density at radius 1 is 1.00 bits per heavy atom. The molecule has 6 heteroatoms. The van der Waals surface area contributed by atoms with Crippen molar-refractivity contribution in [1.82, 2.24) is 0 Å². The minimum absolute atomic E-state index is 0.00199. The van der Waals surface area contributed by atoms with Gasteiger partial charge in [-0.2, -0.15) is 0 Å². The van der Waals surface area contributed by atoms with Gasteiger partial charge in [0.2, 0.25) is 5.91 Å². The molecule has 0 aliphatic heterocycles. The van der Waals surface area contributed by atoms with Gasteiger partial charge in [0.1, 0.15) is 6.61 Å². The van der Waals surface area contributed by atoms with Gasteiger partial charge in [-0.15, -0.1) is 0 Å². The summed E-state index contributed by atoms with van der Waals surface area (Å²) < 4.78 is 12.6. The SMILES string of the molecule is COc1cc(Br)cc(CNc2ccc(NC(=O)C(C)C)cc2)c1OCc1ccccc1. The Morgan fingerprint density at radius 2 is 1.68 bits per heavy atom. The second-order valence-electron chi connectivity index (χ2n) is 7.45. The van der Waals surface area contributed by atoms with E-state index in [2.05, 4.69) is 26.6 Å². The molecule has 0 aliphatic carbocycles. The number of amides is 1. The van der Waals surface area contributed by atoms with E-state index in [0.717, 1.165) is 27.0 Å². The Kier molecular flexibility index (Phi) is 7.95. The van der Waals surface area contributed by atoms with Crippen LogP contribution in [-0.2, 0) is 17.9 Å². The van der Waals surface area contributed by atoms with E-state index < -0.39 is 0 Å². The zero-order valence-electron chi connectivity index (χ0n) is 17.9. The number of hydrogen-bond donors (Lipinski definition) is 2. The van der Waals surface area contributed by atoms with Crippen LogP contribution in [0.2, 0.25) is 0 Å². The van der Waals surface area contributed by atoms with Crippen molar-refractivity contribution in [2.45, 2.75) is 27.0 Å². The molecule has 0 aliphatic rings. The fourth-order valence-electron chi connectivity index (χ4n) is 2.95. The molecule has 0 atom stereocenters. The minimum atomic E-state index is -0.0568.